The zero-order valence-corrected chi connectivity index (χ0v) is 66.4. The first-order valence-electron chi connectivity index (χ1n) is 41.6. The van der Waals surface area contributed by atoms with Crippen molar-refractivity contribution in [3.05, 3.63) is 0 Å². The molecule has 0 fully saturated rings. The maximum atomic E-state index is 13.1. The van der Waals surface area contributed by atoms with Gasteiger partial charge in [0.05, 0.1) is 26.4 Å². The van der Waals surface area contributed by atoms with Crippen LogP contribution in [0.25, 0.3) is 0 Å². The zero-order chi connectivity index (χ0) is 72.7. The first kappa shape index (κ1) is 97.1. The van der Waals surface area contributed by atoms with E-state index in [9.17, 15) is 43.2 Å². The first-order valence-corrected chi connectivity index (χ1v) is 44.6. The number of aliphatic hydroxyl groups excluding tert-OH is 1. The lowest BCUT2D eigenvalue weighted by molar-refractivity contribution is -0.161. The number of ether oxygens (including phenoxy) is 4. The molecular formula is C80H156O17P2. The second-order valence-corrected chi connectivity index (χ2v) is 32.2. The summed E-state index contributed by atoms with van der Waals surface area (Å²) in [6.45, 7) is 7.26. The van der Waals surface area contributed by atoms with Crippen LogP contribution in [-0.4, -0.2) is 96.7 Å². The van der Waals surface area contributed by atoms with E-state index in [0.29, 0.717) is 25.7 Å². The van der Waals surface area contributed by atoms with Crippen LogP contribution in [0.5, 0.6) is 0 Å². The molecule has 3 N–H and O–H groups in total. The molecule has 17 nitrogen and oxygen atoms in total. The maximum Gasteiger partial charge on any atom is 0.472 e. The van der Waals surface area contributed by atoms with Gasteiger partial charge in [0.15, 0.2) is 12.2 Å². The van der Waals surface area contributed by atoms with Crippen LogP contribution in [0.2, 0.25) is 0 Å². The van der Waals surface area contributed by atoms with Gasteiger partial charge in [-0.2, -0.15) is 0 Å². The zero-order valence-electron chi connectivity index (χ0n) is 64.6. The molecule has 0 bridgehead atoms. The summed E-state index contributed by atoms with van der Waals surface area (Å²) >= 11 is 0. The number of phosphoric ester groups is 2. The summed E-state index contributed by atoms with van der Waals surface area (Å²) in [6.07, 6.45) is 64.1. The molecule has 0 saturated carbocycles. The van der Waals surface area contributed by atoms with E-state index in [1.807, 2.05) is 0 Å². The van der Waals surface area contributed by atoms with Crippen molar-refractivity contribution < 1.29 is 80.2 Å². The van der Waals surface area contributed by atoms with Gasteiger partial charge in [-0.25, -0.2) is 9.13 Å². The Hall–Kier alpha value is -1.94. The normalized spacial score (nSPS) is 13.9. The van der Waals surface area contributed by atoms with Crippen molar-refractivity contribution in [2.24, 2.45) is 5.92 Å². The minimum atomic E-state index is -4.96. The van der Waals surface area contributed by atoms with Crippen molar-refractivity contribution in [2.75, 3.05) is 39.6 Å². The molecule has 0 aliphatic rings. The van der Waals surface area contributed by atoms with Gasteiger partial charge >= 0.3 is 39.5 Å². The fourth-order valence-corrected chi connectivity index (χ4v) is 14.0. The molecule has 0 amide bonds. The Morgan fingerprint density at radius 3 is 0.687 bits per heavy atom. The molecule has 0 aromatic rings. The highest BCUT2D eigenvalue weighted by Gasteiger charge is 2.30. The summed E-state index contributed by atoms with van der Waals surface area (Å²) in [6, 6.07) is 0. The van der Waals surface area contributed by atoms with Crippen molar-refractivity contribution >= 4 is 39.5 Å². The third-order valence-corrected chi connectivity index (χ3v) is 20.7. The highest BCUT2D eigenvalue weighted by molar-refractivity contribution is 7.47. The maximum absolute atomic E-state index is 13.1. The predicted octanol–water partition coefficient (Wildman–Crippen LogP) is 24.0. The topological polar surface area (TPSA) is 237 Å². The summed E-state index contributed by atoms with van der Waals surface area (Å²) in [7, 11) is -9.91. The standard InChI is InChI=1S/C80H156O17P2/c1-6-9-12-15-18-21-23-25-27-29-31-32-33-35-37-39-41-44-50-55-60-65-79(84)96-75(70-91-78(83)64-59-54-49-43-40-38-36-34-30-28-26-24-22-19-16-13-10-7-2)71-94-98(86,87)92-67-74(81)68-93-99(88,89)95-72-76(69-90-77(82)63-58-53-48-42-20-17-14-11-8-3)97-80(85)66-61-56-51-46-45-47-52-57-62-73(4)5/h73-76,81H,6-72H2,1-5H3,(H,86,87)(H,88,89)/t74-,75-,76-/m1/s1. The molecule has 588 valence electrons. The molecule has 0 aromatic heterocycles. The van der Waals surface area contributed by atoms with Gasteiger partial charge in [0, 0.05) is 25.7 Å². The number of carbonyl (C=O) groups excluding carboxylic acids is 4. The Kier molecular flexibility index (Phi) is 71.6. The fourth-order valence-electron chi connectivity index (χ4n) is 12.4. The molecule has 2 unspecified atom stereocenters. The Labute approximate surface area is 607 Å². The smallest absolute Gasteiger partial charge is 0.462 e. The van der Waals surface area contributed by atoms with E-state index < -0.39 is 97.5 Å². The van der Waals surface area contributed by atoms with Gasteiger partial charge < -0.3 is 33.8 Å². The lowest BCUT2D eigenvalue weighted by Gasteiger charge is -2.21. The third-order valence-electron chi connectivity index (χ3n) is 18.8. The molecule has 99 heavy (non-hydrogen) atoms. The Morgan fingerprint density at radius 1 is 0.273 bits per heavy atom. The monoisotopic (exact) mass is 1450 g/mol. The van der Waals surface area contributed by atoms with Crippen LogP contribution < -0.4 is 0 Å². The Bertz CT molecular complexity index is 1890. The number of hydrogen-bond donors (Lipinski definition) is 3. The van der Waals surface area contributed by atoms with E-state index in [2.05, 4.69) is 34.6 Å². The molecule has 0 radical (unpaired) electrons. The van der Waals surface area contributed by atoms with Gasteiger partial charge in [0.25, 0.3) is 0 Å². The van der Waals surface area contributed by atoms with Crippen LogP contribution in [-0.2, 0) is 65.4 Å². The van der Waals surface area contributed by atoms with Gasteiger partial charge in [0.1, 0.15) is 19.3 Å². The van der Waals surface area contributed by atoms with E-state index in [4.69, 9.17) is 37.0 Å². The average molecular weight is 1450 g/mol. The largest absolute Gasteiger partial charge is 0.472 e. The molecule has 0 heterocycles. The van der Waals surface area contributed by atoms with Gasteiger partial charge in [-0.05, 0) is 31.6 Å². The molecule has 0 saturated heterocycles. The lowest BCUT2D eigenvalue weighted by Crippen LogP contribution is -2.30. The fraction of sp³-hybridized carbons (Fsp3) is 0.950. The summed E-state index contributed by atoms with van der Waals surface area (Å²) in [5.74, 6) is -1.39. The SMILES string of the molecule is CCCCCCCCCCCCCCCCCCCCCCCC(=O)O[C@H](COC(=O)CCCCCCCCCCCCCCCCCCCC)COP(=O)(O)OC[C@@H](O)COP(=O)(O)OC[C@@H](COC(=O)CCCCCCCCCCC)OC(=O)CCCCCCCCCCC(C)C. The van der Waals surface area contributed by atoms with Crippen LogP contribution in [0.3, 0.4) is 0 Å². The van der Waals surface area contributed by atoms with Crippen LogP contribution in [0, 0.1) is 5.92 Å². The second kappa shape index (κ2) is 73.0. The van der Waals surface area contributed by atoms with Crippen LogP contribution in [0.4, 0.5) is 0 Å². The van der Waals surface area contributed by atoms with E-state index >= 15 is 0 Å². The molecule has 5 atom stereocenters. The molecule has 0 spiro atoms. The number of aliphatic hydroxyl groups is 1. The van der Waals surface area contributed by atoms with Gasteiger partial charge in [-0.3, -0.25) is 37.3 Å². The minimum absolute atomic E-state index is 0.105. The van der Waals surface area contributed by atoms with Gasteiger partial charge in [-0.1, -0.05) is 375 Å². The summed E-state index contributed by atoms with van der Waals surface area (Å²) in [5, 5.41) is 10.6. The van der Waals surface area contributed by atoms with Crippen molar-refractivity contribution in [1.29, 1.82) is 0 Å². The molecular weight excluding hydrogens is 1290 g/mol. The lowest BCUT2D eigenvalue weighted by atomic mass is 10.0. The minimum Gasteiger partial charge on any atom is -0.462 e. The average Bonchev–Trinajstić information content (AvgIpc) is 1.56. The number of carbonyl (C=O) groups is 4. The summed E-state index contributed by atoms with van der Waals surface area (Å²) < 4.78 is 68.6. The second-order valence-electron chi connectivity index (χ2n) is 29.3. The van der Waals surface area contributed by atoms with Gasteiger partial charge in [-0.15, -0.1) is 0 Å². The highest BCUT2D eigenvalue weighted by Crippen LogP contribution is 2.45. The van der Waals surface area contributed by atoms with Crippen molar-refractivity contribution in [3.63, 3.8) is 0 Å². The van der Waals surface area contributed by atoms with Crippen LogP contribution >= 0.6 is 15.6 Å². The number of rotatable bonds is 80. The number of phosphoric acid groups is 2. The van der Waals surface area contributed by atoms with Crippen LogP contribution in [0.15, 0.2) is 0 Å². The quantitative estimate of drug-likeness (QED) is 0.0222. The predicted molar refractivity (Wildman–Crippen MR) is 405 cm³/mol. The third kappa shape index (κ3) is 74.1. The summed E-state index contributed by atoms with van der Waals surface area (Å²) in [5.41, 5.74) is 0. The number of unbranched alkanes of at least 4 members (excludes halogenated alkanes) is 52. The van der Waals surface area contributed by atoms with Crippen molar-refractivity contribution in [1.82, 2.24) is 0 Å². The van der Waals surface area contributed by atoms with Crippen molar-refractivity contribution in [2.45, 2.75) is 445 Å². The summed E-state index contributed by atoms with van der Waals surface area (Å²) in [4.78, 5) is 72.9. The van der Waals surface area contributed by atoms with Crippen molar-refractivity contribution in [3.8, 4) is 0 Å². The molecule has 19 heteroatoms. The number of esters is 4. The Morgan fingerprint density at radius 2 is 0.465 bits per heavy atom. The van der Waals surface area contributed by atoms with E-state index in [0.717, 1.165) is 95.8 Å². The first-order chi connectivity index (χ1) is 48.0. The molecule has 0 rings (SSSR count). The van der Waals surface area contributed by atoms with E-state index in [1.54, 1.807) is 0 Å². The van der Waals surface area contributed by atoms with E-state index in [-0.39, 0.29) is 25.7 Å². The number of hydrogen-bond acceptors (Lipinski definition) is 15. The highest BCUT2D eigenvalue weighted by atomic mass is 31.2. The molecule has 0 aliphatic carbocycles. The Balaban J connectivity index is 5.19. The molecule has 0 aromatic carbocycles. The van der Waals surface area contributed by atoms with Crippen LogP contribution in [0.1, 0.15) is 426 Å². The molecule has 0 aliphatic heterocycles. The van der Waals surface area contributed by atoms with E-state index in [1.165, 1.54) is 250 Å². The van der Waals surface area contributed by atoms with Gasteiger partial charge in [0.2, 0.25) is 0 Å².